The molecule has 6 heteroatoms. The molecular weight excluding hydrogens is 370 g/mol. The quantitative estimate of drug-likeness (QED) is 0.676. The molecule has 156 valence electrons. The molecule has 0 saturated carbocycles. The minimum atomic E-state index is -0.881. The molecule has 29 heavy (non-hydrogen) atoms. The van der Waals surface area contributed by atoms with E-state index in [1.54, 1.807) is 27.2 Å². The zero-order valence-electron chi connectivity index (χ0n) is 17.9. The van der Waals surface area contributed by atoms with Crippen LogP contribution in [0.15, 0.2) is 30.3 Å². The third kappa shape index (κ3) is 5.98. The van der Waals surface area contributed by atoms with Crippen LogP contribution < -0.4 is 14.8 Å². The van der Waals surface area contributed by atoms with E-state index in [-0.39, 0.29) is 12.3 Å². The fourth-order valence-electron chi connectivity index (χ4n) is 3.19. The minimum Gasteiger partial charge on any atom is -0.493 e. The number of anilines is 1. The van der Waals surface area contributed by atoms with E-state index in [1.807, 2.05) is 45.0 Å². The highest BCUT2D eigenvalue weighted by Gasteiger charge is 2.19. The first-order chi connectivity index (χ1) is 13.7. The van der Waals surface area contributed by atoms with Gasteiger partial charge >= 0.3 is 5.97 Å². The fraction of sp³-hybridized carbons (Fsp3) is 0.391. The summed E-state index contributed by atoms with van der Waals surface area (Å²) in [5.41, 5.74) is 4.76. The molecule has 0 aliphatic heterocycles. The van der Waals surface area contributed by atoms with Crippen molar-refractivity contribution >= 4 is 17.6 Å². The number of carbonyl (C=O) groups is 2. The molecule has 0 unspecified atom stereocenters. The van der Waals surface area contributed by atoms with Crippen LogP contribution in [0.25, 0.3) is 0 Å². The summed E-state index contributed by atoms with van der Waals surface area (Å²) >= 11 is 0. The summed E-state index contributed by atoms with van der Waals surface area (Å²) < 4.78 is 15.8. The van der Waals surface area contributed by atoms with Crippen molar-refractivity contribution in [1.29, 1.82) is 0 Å². The van der Waals surface area contributed by atoms with E-state index in [4.69, 9.17) is 14.2 Å². The van der Waals surface area contributed by atoms with Crippen molar-refractivity contribution < 1.29 is 23.8 Å². The molecule has 2 aromatic carbocycles. The zero-order chi connectivity index (χ0) is 21.6. The van der Waals surface area contributed by atoms with E-state index < -0.39 is 12.1 Å². The first-order valence-corrected chi connectivity index (χ1v) is 9.54. The molecule has 0 aliphatic rings. The number of hydrogen-bond donors (Lipinski definition) is 1. The first-order valence-electron chi connectivity index (χ1n) is 9.54. The lowest BCUT2D eigenvalue weighted by atomic mass is 10.0. The van der Waals surface area contributed by atoms with Gasteiger partial charge in [-0.3, -0.25) is 9.59 Å². The highest BCUT2D eigenvalue weighted by atomic mass is 16.5. The maximum absolute atomic E-state index is 12.4. The highest BCUT2D eigenvalue weighted by Crippen LogP contribution is 2.28. The summed E-state index contributed by atoms with van der Waals surface area (Å²) in [5.74, 6) is 0.458. The molecule has 2 aromatic rings. The van der Waals surface area contributed by atoms with E-state index in [2.05, 4.69) is 5.32 Å². The molecule has 0 aromatic heterocycles. The van der Waals surface area contributed by atoms with Gasteiger partial charge in [-0.1, -0.05) is 23.8 Å². The van der Waals surface area contributed by atoms with Crippen LogP contribution in [0.3, 0.4) is 0 Å². The van der Waals surface area contributed by atoms with E-state index in [0.717, 1.165) is 27.9 Å². The van der Waals surface area contributed by atoms with Gasteiger partial charge in [-0.15, -0.1) is 0 Å². The van der Waals surface area contributed by atoms with Crippen molar-refractivity contribution in [3.63, 3.8) is 0 Å². The topological polar surface area (TPSA) is 73.9 Å². The monoisotopic (exact) mass is 399 g/mol. The summed E-state index contributed by atoms with van der Waals surface area (Å²) in [6.07, 6.45) is -0.243. The van der Waals surface area contributed by atoms with E-state index in [9.17, 15) is 9.59 Å². The SMILES string of the molecule is COc1ccc(CCC(=O)O[C@@H](C)C(=O)Nc2c(C)cc(C)cc2C)cc1OC. The van der Waals surface area contributed by atoms with Gasteiger partial charge in [0.1, 0.15) is 0 Å². The average molecular weight is 399 g/mol. The number of carbonyl (C=O) groups excluding carboxylic acids is 2. The van der Waals surface area contributed by atoms with Crippen LogP contribution in [0.2, 0.25) is 0 Å². The van der Waals surface area contributed by atoms with Crippen LogP contribution in [-0.2, 0) is 20.7 Å². The van der Waals surface area contributed by atoms with Crippen LogP contribution in [0.5, 0.6) is 11.5 Å². The van der Waals surface area contributed by atoms with Crippen molar-refractivity contribution in [3.8, 4) is 11.5 Å². The highest BCUT2D eigenvalue weighted by molar-refractivity contribution is 5.96. The molecule has 0 bridgehead atoms. The number of esters is 1. The van der Waals surface area contributed by atoms with Crippen LogP contribution in [0.1, 0.15) is 35.6 Å². The minimum absolute atomic E-state index is 0.162. The number of methoxy groups -OCH3 is 2. The fourth-order valence-corrected chi connectivity index (χ4v) is 3.19. The molecule has 0 aliphatic carbocycles. The second kappa shape index (κ2) is 9.96. The predicted molar refractivity (Wildman–Crippen MR) is 113 cm³/mol. The Bertz CT molecular complexity index is 868. The number of benzene rings is 2. The molecule has 1 amide bonds. The molecular formula is C23H29NO5. The molecule has 1 atom stereocenters. The van der Waals surface area contributed by atoms with Crippen molar-refractivity contribution in [1.82, 2.24) is 0 Å². The maximum atomic E-state index is 12.4. The number of hydrogen-bond acceptors (Lipinski definition) is 5. The molecule has 0 saturated heterocycles. The summed E-state index contributed by atoms with van der Waals surface area (Å²) in [7, 11) is 3.13. The van der Waals surface area contributed by atoms with Crippen molar-refractivity contribution in [2.45, 2.75) is 46.6 Å². The van der Waals surface area contributed by atoms with Gasteiger partial charge in [-0.05, 0) is 62.9 Å². The molecule has 2 rings (SSSR count). The van der Waals surface area contributed by atoms with Gasteiger partial charge in [0, 0.05) is 12.1 Å². The predicted octanol–water partition coefficient (Wildman–Crippen LogP) is 4.13. The third-order valence-corrected chi connectivity index (χ3v) is 4.67. The standard InChI is InChI=1S/C23H29NO5/c1-14-11-15(2)22(16(3)12-14)24-23(26)17(4)29-21(25)10-8-18-7-9-19(27-5)20(13-18)28-6/h7,9,11-13,17H,8,10H2,1-6H3,(H,24,26)/t17-/m0/s1. The van der Waals surface area contributed by atoms with Gasteiger partial charge in [-0.2, -0.15) is 0 Å². The first kappa shape index (κ1) is 22.3. The molecule has 0 radical (unpaired) electrons. The average Bonchev–Trinajstić information content (AvgIpc) is 2.68. The van der Waals surface area contributed by atoms with Crippen molar-refractivity contribution in [2.24, 2.45) is 0 Å². The molecule has 0 spiro atoms. The molecule has 0 fully saturated rings. The van der Waals surface area contributed by atoms with Crippen molar-refractivity contribution in [2.75, 3.05) is 19.5 Å². The Kier molecular flexibility index (Phi) is 7.65. The Hall–Kier alpha value is -3.02. The van der Waals surface area contributed by atoms with Gasteiger partial charge in [0.05, 0.1) is 14.2 Å². The van der Waals surface area contributed by atoms with Gasteiger partial charge < -0.3 is 19.5 Å². The molecule has 0 heterocycles. The Morgan fingerprint density at radius 3 is 2.17 bits per heavy atom. The zero-order valence-corrected chi connectivity index (χ0v) is 17.9. The lowest BCUT2D eigenvalue weighted by Gasteiger charge is -2.17. The summed E-state index contributed by atoms with van der Waals surface area (Å²) in [4.78, 5) is 24.6. The lowest BCUT2D eigenvalue weighted by molar-refractivity contribution is -0.153. The molecule has 1 N–H and O–H groups in total. The van der Waals surface area contributed by atoms with E-state index >= 15 is 0 Å². The van der Waals surface area contributed by atoms with E-state index in [0.29, 0.717) is 17.9 Å². The van der Waals surface area contributed by atoms with Crippen LogP contribution >= 0.6 is 0 Å². The van der Waals surface area contributed by atoms with Crippen LogP contribution in [0, 0.1) is 20.8 Å². The number of rotatable bonds is 8. The number of aryl methyl sites for hydroxylation is 4. The Labute approximate surface area is 172 Å². The smallest absolute Gasteiger partial charge is 0.306 e. The third-order valence-electron chi connectivity index (χ3n) is 4.67. The van der Waals surface area contributed by atoms with Crippen LogP contribution in [-0.4, -0.2) is 32.2 Å². The summed E-state index contributed by atoms with van der Waals surface area (Å²) in [6.45, 7) is 7.46. The van der Waals surface area contributed by atoms with Gasteiger partial charge in [0.15, 0.2) is 17.6 Å². The largest absolute Gasteiger partial charge is 0.493 e. The second-order valence-corrected chi connectivity index (χ2v) is 7.08. The van der Waals surface area contributed by atoms with Gasteiger partial charge in [0.2, 0.25) is 0 Å². The summed E-state index contributed by atoms with van der Waals surface area (Å²) in [6, 6.07) is 9.49. The Morgan fingerprint density at radius 2 is 1.59 bits per heavy atom. The summed E-state index contributed by atoms with van der Waals surface area (Å²) in [5, 5.41) is 2.87. The van der Waals surface area contributed by atoms with E-state index in [1.165, 1.54) is 0 Å². The van der Waals surface area contributed by atoms with Crippen molar-refractivity contribution in [3.05, 3.63) is 52.6 Å². The molecule has 6 nitrogen and oxygen atoms in total. The van der Waals surface area contributed by atoms with Crippen LogP contribution in [0.4, 0.5) is 5.69 Å². The normalized spacial score (nSPS) is 11.5. The Balaban J connectivity index is 1.91. The van der Waals surface area contributed by atoms with Gasteiger partial charge in [-0.25, -0.2) is 0 Å². The van der Waals surface area contributed by atoms with Gasteiger partial charge in [0.25, 0.3) is 5.91 Å². The number of amides is 1. The number of nitrogens with one attached hydrogen (secondary N) is 1. The second-order valence-electron chi connectivity index (χ2n) is 7.08. The number of ether oxygens (including phenoxy) is 3. The lowest BCUT2D eigenvalue weighted by Crippen LogP contribution is -2.30. The Morgan fingerprint density at radius 1 is 0.966 bits per heavy atom. The maximum Gasteiger partial charge on any atom is 0.306 e.